The summed E-state index contributed by atoms with van der Waals surface area (Å²) in [5.74, 6) is -6.64. The smallest absolute Gasteiger partial charge is 0.378 e. The van der Waals surface area contributed by atoms with Gasteiger partial charge >= 0.3 is 12.3 Å². The average Bonchev–Trinajstić information content (AvgIpc) is 2.64. The molecule has 1 fully saturated rings. The number of amides is 1. The Kier molecular flexibility index (Phi) is 4.09. The molecule has 1 unspecified atom stereocenters. The molecule has 0 bridgehead atoms. The Morgan fingerprint density at radius 1 is 1.50 bits per heavy atom. The van der Waals surface area contributed by atoms with E-state index in [2.05, 4.69) is 5.32 Å². The van der Waals surface area contributed by atoms with E-state index in [-0.39, 0.29) is 6.54 Å². The Balaban J connectivity index is 2.57. The van der Waals surface area contributed by atoms with Crippen LogP contribution in [0, 0.1) is 0 Å². The van der Waals surface area contributed by atoms with E-state index in [9.17, 15) is 22.4 Å². The lowest BCUT2D eigenvalue weighted by atomic mass is 10.2. The summed E-state index contributed by atoms with van der Waals surface area (Å²) in [7, 11) is 1.35. The van der Waals surface area contributed by atoms with Crippen molar-refractivity contribution in [1.82, 2.24) is 10.6 Å². The Labute approximate surface area is 89.3 Å². The van der Waals surface area contributed by atoms with E-state index in [1.807, 2.05) is 5.32 Å². The first-order valence-electron chi connectivity index (χ1n) is 4.60. The van der Waals surface area contributed by atoms with Crippen LogP contribution in [0.25, 0.3) is 0 Å². The van der Waals surface area contributed by atoms with Gasteiger partial charge in [-0.05, 0) is 0 Å². The summed E-state index contributed by atoms with van der Waals surface area (Å²) >= 11 is 0. The van der Waals surface area contributed by atoms with Gasteiger partial charge in [0.15, 0.2) is 0 Å². The summed E-state index contributed by atoms with van der Waals surface area (Å²) in [5.41, 5.74) is 0. The summed E-state index contributed by atoms with van der Waals surface area (Å²) in [5, 5.41) is 4.63. The van der Waals surface area contributed by atoms with Gasteiger partial charge in [0.2, 0.25) is 0 Å². The Morgan fingerprint density at radius 2 is 2.12 bits per heavy atom. The third-order valence-electron chi connectivity index (χ3n) is 2.35. The molecule has 1 heterocycles. The highest BCUT2D eigenvalue weighted by molar-refractivity contribution is 5.84. The van der Waals surface area contributed by atoms with E-state index in [0.29, 0.717) is 6.54 Å². The zero-order valence-corrected chi connectivity index (χ0v) is 8.47. The van der Waals surface area contributed by atoms with Gasteiger partial charge in [0.25, 0.3) is 5.91 Å². The molecule has 8 heteroatoms. The standard InChI is InChI=1S/C8H12F4N2O2/c1-16-5-3-13-2-4(5)14-7(15)8(11,12)6(9)10/h4-6,13H,2-3H2,1H3,(H,14,15)/t4?,5-/m0/s1. The predicted octanol–water partition coefficient (Wildman–Crippen LogP) is -0.0102. The van der Waals surface area contributed by atoms with E-state index < -0.39 is 30.4 Å². The van der Waals surface area contributed by atoms with Crippen LogP contribution in [0.4, 0.5) is 17.6 Å². The molecular formula is C8H12F4N2O2. The number of carbonyl (C=O) groups is 1. The maximum absolute atomic E-state index is 12.6. The minimum absolute atomic E-state index is 0.212. The van der Waals surface area contributed by atoms with Gasteiger partial charge in [0.1, 0.15) is 0 Å². The van der Waals surface area contributed by atoms with Crippen molar-refractivity contribution in [3.63, 3.8) is 0 Å². The molecule has 2 N–H and O–H groups in total. The van der Waals surface area contributed by atoms with Crippen LogP contribution in [0.5, 0.6) is 0 Å². The van der Waals surface area contributed by atoms with Crippen molar-refractivity contribution in [2.75, 3.05) is 20.2 Å². The number of ether oxygens (including phenoxy) is 1. The van der Waals surface area contributed by atoms with Crippen molar-refractivity contribution < 1.29 is 27.1 Å². The number of alkyl halides is 4. The Morgan fingerprint density at radius 3 is 2.62 bits per heavy atom. The summed E-state index contributed by atoms with van der Waals surface area (Å²) in [6.45, 7) is 0.589. The predicted molar refractivity (Wildman–Crippen MR) is 46.5 cm³/mol. The van der Waals surface area contributed by atoms with E-state index in [1.54, 1.807) is 0 Å². The van der Waals surface area contributed by atoms with Crippen LogP contribution in [-0.2, 0) is 9.53 Å². The van der Waals surface area contributed by atoms with Crippen LogP contribution in [-0.4, -0.2) is 50.6 Å². The average molecular weight is 244 g/mol. The SMILES string of the molecule is CO[C@H]1CNCC1NC(=O)C(F)(F)C(F)F. The van der Waals surface area contributed by atoms with Crippen molar-refractivity contribution >= 4 is 5.91 Å². The van der Waals surface area contributed by atoms with Crippen molar-refractivity contribution in [2.45, 2.75) is 24.5 Å². The third kappa shape index (κ3) is 2.62. The highest BCUT2D eigenvalue weighted by atomic mass is 19.3. The monoisotopic (exact) mass is 244 g/mol. The Hall–Kier alpha value is -0.890. The molecule has 0 aliphatic carbocycles. The van der Waals surface area contributed by atoms with Gasteiger partial charge in [-0.1, -0.05) is 0 Å². The zero-order chi connectivity index (χ0) is 12.3. The van der Waals surface area contributed by atoms with Crippen LogP contribution < -0.4 is 10.6 Å². The molecule has 2 atom stereocenters. The second-order valence-corrected chi connectivity index (χ2v) is 3.44. The fraction of sp³-hybridized carbons (Fsp3) is 0.875. The second-order valence-electron chi connectivity index (χ2n) is 3.44. The maximum atomic E-state index is 12.6. The molecule has 0 aromatic rings. The highest BCUT2D eigenvalue weighted by Crippen LogP contribution is 2.23. The van der Waals surface area contributed by atoms with E-state index in [4.69, 9.17) is 4.74 Å². The van der Waals surface area contributed by atoms with Gasteiger partial charge in [-0.15, -0.1) is 0 Å². The van der Waals surface area contributed by atoms with Crippen LogP contribution in [0.1, 0.15) is 0 Å². The van der Waals surface area contributed by atoms with Crippen molar-refractivity contribution in [1.29, 1.82) is 0 Å². The summed E-state index contributed by atoms with van der Waals surface area (Å²) in [6.07, 6.45) is -4.50. The van der Waals surface area contributed by atoms with Crippen LogP contribution >= 0.6 is 0 Å². The number of halogens is 4. The molecule has 1 rings (SSSR count). The van der Waals surface area contributed by atoms with Gasteiger partial charge in [-0.25, -0.2) is 8.78 Å². The largest absolute Gasteiger partial charge is 0.383 e. The molecule has 4 nitrogen and oxygen atoms in total. The fourth-order valence-electron chi connectivity index (χ4n) is 1.41. The molecule has 1 aliphatic heterocycles. The fourth-order valence-corrected chi connectivity index (χ4v) is 1.41. The van der Waals surface area contributed by atoms with Gasteiger partial charge in [0, 0.05) is 20.2 Å². The van der Waals surface area contributed by atoms with Gasteiger partial charge in [0.05, 0.1) is 12.1 Å². The lowest BCUT2D eigenvalue weighted by Crippen LogP contribution is -2.52. The van der Waals surface area contributed by atoms with Crippen LogP contribution in [0.3, 0.4) is 0 Å². The maximum Gasteiger partial charge on any atom is 0.383 e. The zero-order valence-electron chi connectivity index (χ0n) is 8.47. The minimum atomic E-state index is -4.67. The molecule has 0 aromatic carbocycles. The summed E-state index contributed by atoms with van der Waals surface area (Å²) in [6, 6.07) is -0.720. The van der Waals surface area contributed by atoms with Crippen molar-refractivity contribution in [2.24, 2.45) is 0 Å². The molecule has 1 amide bonds. The first-order chi connectivity index (χ1) is 7.39. The third-order valence-corrected chi connectivity index (χ3v) is 2.35. The lowest BCUT2D eigenvalue weighted by molar-refractivity contribution is -0.170. The molecular weight excluding hydrogens is 232 g/mol. The van der Waals surface area contributed by atoms with Gasteiger partial charge in [-0.3, -0.25) is 4.79 Å². The van der Waals surface area contributed by atoms with Crippen molar-refractivity contribution in [3.05, 3.63) is 0 Å². The van der Waals surface area contributed by atoms with Crippen LogP contribution in [0.15, 0.2) is 0 Å². The molecule has 0 saturated carbocycles. The Bertz CT molecular complexity index is 262. The number of methoxy groups -OCH3 is 1. The van der Waals surface area contributed by atoms with Gasteiger partial charge < -0.3 is 15.4 Å². The molecule has 16 heavy (non-hydrogen) atoms. The van der Waals surface area contributed by atoms with Crippen LogP contribution in [0.2, 0.25) is 0 Å². The molecule has 1 saturated heterocycles. The van der Waals surface area contributed by atoms with Crippen molar-refractivity contribution in [3.8, 4) is 0 Å². The summed E-state index contributed by atoms with van der Waals surface area (Å²) < 4.78 is 53.8. The number of carbonyl (C=O) groups excluding carboxylic acids is 1. The molecule has 0 radical (unpaired) electrons. The first kappa shape index (κ1) is 13.2. The number of hydrogen-bond donors (Lipinski definition) is 2. The minimum Gasteiger partial charge on any atom is -0.378 e. The van der Waals surface area contributed by atoms with E-state index in [0.717, 1.165) is 0 Å². The number of hydrogen-bond acceptors (Lipinski definition) is 3. The normalized spacial score (nSPS) is 26.1. The first-order valence-corrected chi connectivity index (χ1v) is 4.60. The van der Waals surface area contributed by atoms with Gasteiger partial charge in [-0.2, -0.15) is 8.78 Å². The number of nitrogens with one attached hydrogen (secondary N) is 2. The molecule has 0 aromatic heterocycles. The second kappa shape index (κ2) is 4.96. The van der Waals surface area contributed by atoms with E-state index >= 15 is 0 Å². The highest BCUT2D eigenvalue weighted by Gasteiger charge is 2.50. The molecule has 94 valence electrons. The molecule has 1 aliphatic rings. The number of rotatable bonds is 4. The molecule has 0 spiro atoms. The summed E-state index contributed by atoms with van der Waals surface area (Å²) in [4.78, 5) is 10.9. The lowest BCUT2D eigenvalue weighted by Gasteiger charge is -2.21. The van der Waals surface area contributed by atoms with E-state index in [1.165, 1.54) is 7.11 Å². The topological polar surface area (TPSA) is 50.4 Å². The quantitative estimate of drug-likeness (QED) is 0.684.